The van der Waals surface area contributed by atoms with Crippen molar-refractivity contribution in [2.45, 2.75) is 27.3 Å². The Bertz CT molecular complexity index is 908. The number of amides is 1. The van der Waals surface area contributed by atoms with Crippen molar-refractivity contribution in [3.8, 4) is 5.75 Å². The van der Waals surface area contributed by atoms with E-state index in [-0.39, 0.29) is 18.3 Å². The van der Waals surface area contributed by atoms with Crippen LogP contribution < -0.4 is 10.1 Å². The molecule has 0 aliphatic rings. The monoisotopic (exact) mass is 415 g/mol. The molecule has 7 heteroatoms. The summed E-state index contributed by atoms with van der Waals surface area (Å²) in [5.74, 6) is -0.326. The second-order valence-corrected chi connectivity index (χ2v) is 8.47. The highest BCUT2D eigenvalue weighted by Crippen LogP contribution is 2.20. The van der Waals surface area contributed by atoms with E-state index < -0.39 is 11.4 Å². The maximum atomic E-state index is 12.2. The number of nitrogens with one attached hydrogen (secondary N) is 1. The molecule has 1 amide bonds. The first-order valence-electron chi connectivity index (χ1n) is 9.09. The molecule has 29 heavy (non-hydrogen) atoms. The van der Waals surface area contributed by atoms with Gasteiger partial charge in [-0.15, -0.1) is 11.3 Å². The first-order valence-corrected chi connectivity index (χ1v) is 9.90. The number of methoxy groups -OCH3 is 1. The van der Waals surface area contributed by atoms with E-state index >= 15 is 0 Å². The molecule has 0 atom stereocenters. The molecule has 6 nitrogen and oxygen atoms in total. The van der Waals surface area contributed by atoms with E-state index in [0.717, 1.165) is 10.4 Å². The summed E-state index contributed by atoms with van der Waals surface area (Å²) in [6.07, 6.45) is 2.83. The van der Waals surface area contributed by atoms with Crippen LogP contribution in [0.5, 0.6) is 5.75 Å². The van der Waals surface area contributed by atoms with Crippen molar-refractivity contribution >= 4 is 35.1 Å². The fourth-order valence-corrected chi connectivity index (χ4v) is 3.14. The molecule has 0 saturated carbocycles. The van der Waals surface area contributed by atoms with Gasteiger partial charge < -0.3 is 14.8 Å². The SMILES string of the molecule is COc1ccccc1/C=C/C(=O)OCC(=O)c1ccc(CNC(=O)C(C)(C)C)s1. The van der Waals surface area contributed by atoms with Crippen molar-refractivity contribution in [2.24, 2.45) is 5.41 Å². The number of hydrogen-bond acceptors (Lipinski definition) is 6. The van der Waals surface area contributed by atoms with Crippen LogP contribution in [0.4, 0.5) is 0 Å². The third kappa shape index (κ3) is 6.87. The maximum Gasteiger partial charge on any atom is 0.331 e. The molecule has 1 heterocycles. The topological polar surface area (TPSA) is 81.7 Å². The lowest BCUT2D eigenvalue weighted by molar-refractivity contribution is -0.136. The molecule has 2 aromatic rings. The minimum atomic E-state index is -0.613. The number of carbonyl (C=O) groups excluding carboxylic acids is 3. The Morgan fingerprint density at radius 1 is 1.10 bits per heavy atom. The molecule has 0 aliphatic heterocycles. The standard InChI is InChI=1S/C22H25NO5S/c1-22(2,3)21(26)23-13-16-10-11-19(29-16)17(24)14-28-20(25)12-9-15-7-5-6-8-18(15)27-4/h5-12H,13-14H2,1-4H3,(H,23,26)/b12-9+. The number of Topliss-reactive ketones (excluding diaryl/α,β-unsaturated/α-hetero) is 1. The van der Waals surface area contributed by atoms with Crippen molar-refractivity contribution in [3.05, 3.63) is 57.8 Å². The second-order valence-electron chi connectivity index (χ2n) is 7.30. The molecule has 1 N–H and O–H groups in total. The zero-order valence-electron chi connectivity index (χ0n) is 17.0. The second kappa shape index (κ2) is 10.0. The first-order chi connectivity index (χ1) is 13.7. The molecule has 0 spiro atoms. The van der Waals surface area contributed by atoms with Gasteiger partial charge in [-0.25, -0.2) is 4.79 Å². The Morgan fingerprint density at radius 3 is 2.52 bits per heavy atom. The lowest BCUT2D eigenvalue weighted by Crippen LogP contribution is -2.34. The third-order valence-electron chi connectivity index (χ3n) is 3.92. The Balaban J connectivity index is 1.85. The molecule has 0 aliphatic carbocycles. The molecule has 0 bridgehead atoms. The van der Waals surface area contributed by atoms with E-state index in [1.165, 1.54) is 17.4 Å². The van der Waals surface area contributed by atoms with Crippen molar-refractivity contribution in [1.82, 2.24) is 5.32 Å². The Hall–Kier alpha value is -2.93. The van der Waals surface area contributed by atoms with Crippen LogP contribution in [0.2, 0.25) is 0 Å². The van der Waals surface area contributed by atoms with Crippen LogP contribution >= 0.6 is 11.3 Å². The molecule has 154 valence electrons. The van der Waals surface area contributed by atoms with Gasteiger partial charge in [0.05, 0.1) is 18.5 Å². The summed E-state index contributed by atoms with van der Waals surface area (Å²) in [7, 11) is 1.55. The third-order valence-corrected chi connectivity index (χ3v) is 5.05. The Morgan fingerprint density at radius 2 is 1.83 bits per heavy atom. The van der Waals surface area contributed by atoms with Gasteiger partial charge in [0.15, 0.2) is 6.61 Å². The van der Waals surface area contributed by atoms with Crippen molar-refractivity contribution < 1.29 is 23.9 Å². The molecule has 2 rings (SSSR count). The number of carbonyl (C=O) groups is 3. The van der Waals surface area contributed by atoms with Crippen molar-refractivity contribution in [3.63, 3.8) is 0 Å². The highest BCUT2D eigenvalue weighted by molar-refractivity contribution is 7.14. The maximum absolute atomic E-state index is 12.2. The summed E-state index contributed by atoms with van der Waals surface area (Å²) in [5.41, 5.74) is 0.264. The molecule has 0 fully saturated rings. The van der Waals surface area contributed by atoms with Gasteiger partial charge in [0.2, 0.25) is 11.7 Å². The van der Waals surface area contributed by atoms with E-state index in [0.29, 0.717) is 17.2 Å². The van der Waals surface area contributed by atoms with Crippen LogP contribution in [0.15, 0.2) is 42.5 Å². The van der Waals surface area contributed by atoms with Gasteiger partial charge in [-0.2, -0.15) is 0 Å². The smallest absolute Gasteiger partial charge is 0.331 e. The van der Waals surface area contributed by atoms with Crippen LogP contribution in [-0.2, 0) is 20.9 Å². The van der Waals surface area contributed by atoms with Gasteiger partial charge >= 0.3 is 5.97 Å². The van der Waals surface area contributed by atoms with Gasteiger partial charge in [-0.1, -0.05) is 39.0 Å². The number of para-hydroxylation sites is 1. The number of ketones is 1. The lowest BCUT2D eigenvalue weighted by atomic mass is 9.96. The summed E-state index contributed by atoms with van der Waals surface area (Å²) < 4.78 is 10.2. The summed E-state index contributed by atoms with van der Waals surface area (Å²) in [6.45, 7) is 5.52. The molecular weight excluding hydrogens is 390 g/mol. The Kier molecular flexibility index (Phi) is 7.73. The molecule has 1 aromatic heterocycles. The van der Waals surface area contributed by atoms with Crippen LogP contribution in [0, 0.1) is 5.41 Å². The molecular formula is C22H25NO5S. The summed E-state index contributed by atoms with van der Waals surface area (Å²) in [5, 5.41) is 2.84. The van der Waals surface area contributed by atoms with E-state index in [1.807, 2.05) is 32.9 Å². The fourth-order valence-electron chi connectivity index (χ4n) is 2.27. The number of esters is 1. The minimum absolute atomic E-state index is 0.0606. The number of thiophene rings is 1. The average Bonchev–Trinajstić information content (AvgIpc) is 3.17. The predicted octanol–water partition coefficient (Wildman–Crippen LogP) is 3.86. The zero-order valence-corrected chi connectivity index (χ0v) is 17.8. The van der Waals surface area contributed by atoms with Crippen LogP contribution in [0.1, 0.15) is 40.9 Å². The average molecular weight is 416 g/mol. The van der Waals surface area contributed by atoms with Gasteiger partial charge in [-0.3, -0.25) is 9.59 Å². The molecule has 1 aromatic carbocycles. The van der Waals surface area contributed by atoms with Crippen molar-refractivity contribution in [1.29, 1.82) is 0 Å². The Labute approximate surface area is 174 Å². The molecule has 0 radical (unpaired) electrons. The van der Waals surface area contributed by atoms with Gasteiger partial charge in [0.25, 0.3) is 0 Å². The number of ether oxygens (including phenoxy) is 2. The number of hydrogen-bond donors (Lipinski definition) is 1. The quantitative estimate of drug-likeness (QED) is 0.402. The minimum Gasteiger partial charge on any atom is -0.496 e. The van der Waals surface area contributed by atoms with E-state index in [1.54, 1.807) is 37.5 Å². The number of rotatable bonds is 8. The van der Waals surface area contributed by atoms with E-state index in [2.05, 4.69) is 5.32 Å². The lowest BCUT2D eigenvalue weighted by Gasteiger charge is -2.17. The van der Waals surface area contributed by atoms with Gasteiger partial charge in [-0.05, 0) is 24.3 Å². The van der Waals surface area contributed by atoms with Gasteiger partial charge in [0, 0.05) is 21.9 Å². The van der Waals surface area contributed by atoms with Crippen LogP contribution in [0.25, 0.3) is 6.08 Å². The highest BCUT2D eigenvalue weighted by Gasteiger charge is 2.21. The van der Waals surface area contributed by atoms with Crippen molar-refractivity contribution in [2.75, 3.05) is 13.7 Å². The zero-order chi connectivity index (χ0) is 21.4. The van der Waals surface area contributed by atoms with Crippen LogP contribution in [0.3, 0.4) is 0 Å². The normalized spacial score (nSPS) is 11.3. The van der Waals surface area contributed by atoms with Crippen LogP contribution in [-0.4, -0.2) is 31.4 Å². The largest absolute Gasteiger partial charge is 0.496 e. The summed E-state index contributed by atoms with van der Waals surface area (Å²) in [4.78, 5) is 37.4. The highest BCUT2D eigenvalue weighted by atomic mass is 32.1. The molecule has 0 unspecified atom stereocenters. The fraction of sp³-hybridized carbons (Fsp3) is 0.318. The summed E-state index contributed by atoms with van der Waals surface area (Å²) >= 11 is 1.27. The summed E-state index contributed by atoms with van der Waals surface area (Å²) in [6, 6.07) is 10.7. The predicted molar refractivity (Wildman–Crippen MR) is 113 cm³/mol. The first kappa shape index (κ1) is 22.4. The van der Waals surface area contributed by atoms with Gasteiger partial charge in [0.1, 0.15) is 5.75 Å². The molecule has 0 saturated heterocycles. The van der Waals surface area contributed by atoms with E-state index in [9.17, 15) is 14.4 Å². The van der Waals surface area contributed by atoms with E-state index in [4.69, 9.17) is 9.47 Å². The number of benzene rings is 1.